The summed E-state index contributed by atoms with van der Waals surface area (Å²) in [6.45, 7) is 3.24. The average molecular weight is 252 g/mol. The second-order valence-corrected chi connectivity index (χ2v) is 4.06. The molecule has 2 aromatic rings. The van der Waals surface area contributed by atoms with Gasteiger partial charge in [-0.25, -0.2) is 9.97 Å². The summed E-state index contributed by atoms with van der Waals surface area (Å²) in [5.74, 6) is 1.05. The van der Waals surface area contributed by atoms with Crippen LogP contribution in [0.4, 0.5) is 11.5 Å². The highest BCUT2D eigenvalue weighted by Crippen LogP contribution is 2.17. The highest BCUT2D eigenvalue weighted by molar-refractivity contribution is 5.95. The van der Waals surface area contributed by atoms with Gasteiger partial charge in [-0.2, -0.15) is 5.26 Å². The number of Topliss-reactive ketones (excluding diaryl/α,β-unsaturated/α-hetero) is 1. The van der Waals surface area contributed by atoms with E-state index >= 15 is 0 Å². The summed E-state index contributed by atoms with van der Waals surface area (Å²) in [5.41, 5.74) is 1.67. The summed E-state index contributed by atoms with van der Waals surface area (Å²) in [6.07, 6.45) is 0. The highest BCUT2D eigenvalue weighted by atomic mass is 16.1. The molecule has 0 amide bonds. The van der Waals surface area contributed by atoms with Gasteiger partial charge < -0.3 is 5.32 Å². The molecule has 0 saturated carbocycles. The number of nitrogens with zero attached hydrogens (tertiary/aromatic N) is 3. The number of hydrogen-bond acceptors (Lipinski definition) is 5. The number of aryl methyl sites for hydroxylation is 1. The number of carbonyl (C=O) groups excluding carboxylic acids is 1. The molecule has 2 rings (SSSR count). The largest absolute Gasteiger partial charge is 0.340 e. The lowest BCUT2D eigenvalue weighted by Crippen LogP contribution is -2.00. The van der Waals surface area contributed by atoms with Gasteiger partial charge in [0.2, 0.25) is 0 Å². The van der Waals surface area contributed by atoms with E-state index in [-0.39, 0.29) is 5.78 Å². The normalized spacial score (nSPS) is 9.74. The van der Waals surface area contributed by atoms with E-state index in [9.17, 15) is 4.79 Å². The molecule has 1 N–H and O–H groups in total. The fourth-order valence-electron chi connectivity index (χ4n) is 1.65. The van der Waals surface area contributed by atoms with Crippen LogP contribution in [0.5, 0.6) is 0 Å². The highest BCUT2D eigenvalue weighted by Gasteiger charge is 2.04. The first-order valence-corrected chi connectivity index (χ1v) is 5.72. The predicted molar refractivity (Wildman–Crippen MR) is 71.2 cm³/mol. The summed E-state index contributed by atoms with van der Waals surface area (Å²) in [6, 6.07) is 10.7. The number of rotatable bonds is 3. The molecule has 0 radical (unpaired) electrons. The van der Waals surface area contributed by atoms with Crippen LogP contribution in [-0.2, 0) is 0 Å². The van der Waals surface area contributed by atoms with Crippen molar-refractivity contribution in [1.29, 1.82) is 5.26 Å². The van der Waals surface area contributed by atoms with Crippen molar-refractivity contribution >= 4 is 17.3 Å². The number of hydrogen-bond donors (Lipinski definition) is 1. The molecule has 1 heterocycles. The number of aromatic nitrogens is 2. The van der Waals surface area contributed by atoms with Gasteiger partial charge in [-0.1, -0.05) is 12.1 Å². The minimum atomic E-state index is 0.000215. The summed E-state index contributed by atoms with van der Waals surface area (Å²) in [7, 11) is 0. The molecule has 0 atom stereocenters. The quantitative estimate of drug-likeness (QED) is 0.849. The van der Waals surface area contributed by atoms with Gasteiger partial charge in [0, 0.05) is 17.3 Å². The molecule has 0 fully saturated rings. The van der Waals surface area contributed by atoms with Crippen molar-refractivity contribution in [1.82, 2.24) is 9.97 Å². The lowest BCUT2D eigenvalue weighted by molar-refractivity contribution is 0.101. The molecule has 0 spiro atoms. The van der Waals surface area contributed by atoms with E-state index in [0.717, 1.165) is 5.69 Å². The number of anilines is 2. The molecule has 0 unspecified atom stereocenters. The maximum Gasteiger partial charge on any atom is 0.159 e. The Bertz CT molecular complexity index is 673. The third kappa shape index (κ3) is 3.13. The number of benzene rings is 1. The monoisotopic (exact) mass is 252 g/mol. The van der Waals surface area contributed by atoms with E-state index < -0.39 is 0 Å². The first kappa shape index (κ1) is 12.7. The van der Waals surface area contributed by atoms with Crippen LogP contribution in [-0.4, -0.2) is 15.8 Å². The van der Waals surface area contributed by atoms with E-state index in [1.807, 2.05) is 12.1 Å². The maximum atomic E-state index is 11.3. The van der Waals surface area contributed by atoms with Crippen LogP contribution < -0.4 is 5.32 Å². The van der Waals surface area contributed by atoms with Crippen molar-refractivity contribution in [3.8, 4) is 6.07 Å². The third-order valence-corrected chi connectivity index (χ3v) is 2.49. The number of nitriles is 1. The Labute approximate surface area is 110 Å². The van der Waals surface area contributed by atoms with Crippen molar-refractivity contribution in [2.75, 3.05) is 5.32 Å². The molecule has 5 heteroatoms. The van der Waals surface area contributed by atoms with Crippen LogP contribution in [0.3, 0.4) is 0 Å². The van der Waals surface area contributed by atoms with Crippen LogP contribution >= 0.6 is 0 Å². The van der Waals surface area contributed by atoms with Crippen molar-refractivity contribution in [2.45, 2.75) is 13.8 Å². The molecule has 1 aromatic heterocycles. The van der Waals surface area contributed by atoms with Crippen LogP contribution in [0.2, 0.25) is 0 Å². The van der Waals surface area contributed by atoms with E-state index in [4.69, 9.17) is 5.26 Å². The molecule has 19 heavy (non-hydrogen) atoms. The second-order valence-electron chi connectivity index (χ2n) is 4.06. The van der Waals surface area contributed by atoms with Crippen LogP contribution in [0.1, 0.15) is 28.8 Å². The van der Waals surface area contributed by atoms with Crippen LogP contribution in [0.25, 0.3) is 0 Å². The van der Waals surface area contributed by atoms with Gasteiger partial charge >= 0.3 is 0 Å². The number of ketones is 1. The minimum Gasteiger partial charge on any atom is -0.340 e. The molecular formula is C14H12N4O. The third-order valence-electron chi connectivity index (χ3n) is 2.49. The average Bonchev–Trinajstić information content (AvgIpc) is 2.38. The molecule has 0 bridgehead atoms. The van der Waals surface area contributed by atoms with Gasteiger partial charge in [0.05, 0.1) is 0 Å². The van der Waals surface area contributed by atoms with Gasteiger partial charge in [-0.05, 0) is 26.0 Å². The fourth-order valence-corrected chi connectivity index (χ4v) is 1.65. The molecule has 0 saturated heterocycles. The molecule has 0 aliphatic heterocycles. The topological polar surface area (TPSA) is 78.7 Å². The number of carbonyl (C=O) groups is 1. The zero-order valence-corrected chi connectivity index (χ0v) is 10.6. The van der Waals surface area contributed by atoms with Crippen LogP contribution in [0, 0.1) is 18.3 Å². The lowest BCUT2D eigenvalue weighted by Gasteiger charge is -2.07. The van der Waals surface area contributed by atoms with E-state index in [1.54, 1.807) is 31.2 Å². The Balaban J connectivity index is 2.31. The smallest absolute Gasteiger partial charge is 0.159 e. The zero-order valence-electron chi connectivity index (χ0n) is 10.6. The molecular weight excluding hydrogens is 240 g/mol. The molecule has 94 valence electrons. The summed E-state index contributed by atoms with van der Waals surface area (Å²) >= 11 is 0. The van der Waals surface area contributed by atoms with E-state index in [0.29, 0.717) is 22.9 Å². The maximum absolute atomic E-state index is 11.3. The summed E-state index contributed by atoms with van der Waals surface area (Å²) in [4.78, 5) is 19.5. The number of nitrogens with one attached hydrogen (secondary N) is 1. The van der Waals surface area contributed by atoms with E-state index in [2.05, 4.69) is 15.3 Å². The van der Waals surface area contributed by atoms with Crippen LogP contribution in [0.15, 0.2) is 30.3 Å². The van der Waals surface area contributed by atoms with Gasteiger partial charge in [0.1, 0.15) is 23.4 Å². The standard InChI is InChI=1S/C14H12N4O/c1-9(19)11-4-3-5-12(6-11)18-14-7-13(8-15)16-10(2)17-14/h3-7H,1-2H3,(H,16,17,18). The fraction of sp³-hybridized carbons (Fsp3) is 0.143. The van der Waals surface area contributed by atoms with Crippen molar-refractivity contribution in [2.24, 2.45) is 0 Å². The van der Waals surface area contributed by atoms with Gasteiger partial charge in [-0.15, -0.1) is 0 Å². The second kappa shape index (κ2) is 5.27. The lowest BCUT2D eigenvalue weighted by atomic mass is 10.1. The SMILES string of the molecule is CC(=O)c1cccc(Nc2cc(C#N)nc(C)n2)c1. The molecule has 1 aromatic carbocycles. The Morgan fingerprint density at radius 3 is 2.79 bits per heavy atom. The van der Waals surface area contributed by atoms with Crippen molar-refractivity contribution < 1.29 is 4.79 Å². The first-order valence-electron chi connectivity index (χ1n) is 5.72. The Morgan fingerprint density at radius 1 is 1.32 bits per heavy atom. The molecule has 0 aliphatic rings. The molecule has 5 nitrogen and oxygen atoms in total. The van der Waals surface area contributed by atoms with Crippen molar-refractivity contribution in [3.63, 3.8) is 0 Å². The Kier molecular flexibility index (Phi) is 3.53. The van der Waals surface area contributed by atoms with Crippen molar-refractivity contribution in [3.05, 3.63) is 47.4 Å². The van der Waals surface area contributed by atoms with Gasteiger partial charge in [0.25, 0.3) is 0 Å². The summed E-state index contributed by atoms with van der Waals surface area (Å²) < 4.78 is 0. The molecule has 0 aliphatic carbocycles. The minimum absolute atomic E-state index is 0.000215. The zero-order chi connectivity index (χ0) is 13.8. The predicted octanol–water partition coefficient (Wildman–Crippen LogP) is 2.60. The Hall–Kier alpha value is -2.74. The van der Waals surface area contributed by atoms with Gasteiger partial charge in [-0.3, -0.25) is 4.79 Å². The van der Waals surface area contributed by atoms with E-state index in [1.165, 1.54) is 6.92 Å². The first-order chi connectivity index (χ1) is 9.08. The van der Waals surface area contributed by atoms with Gasteiger partial charge in [0.15, 0.2) is 5.78 Å². The summed E-state index contributed by atoms with van der Waals surface area (Å²) in [5, 5.41) is 11.9. The Morgan fingerprint density at radius 2 is 2.11 bits per heavy atom.